The van der Waals surface area contributed by atoms with E-state index in [1.54, 1.807) is 25.6 Å². The van der Waals surface area contributed by atoms with E-state index in [2.05, 4.69) is 5.32 Å². The molecule has 6 heteroatoms. The van der Waals surface area contributed by atoms with Crippen LogP contribution in [0.15, 0.2) is 59.4 Å². The van der Waals surface area contributed by atoms with E-state index in [4.69, 9.17) is 4.74 Å². The number of benzene rings is 2. The maximum atomic E-state index is 12.9. The smallest absolute Gasteiger partial charge is 0.295 e. The number of para-hydroxylation sites is 2. The molecule has 0 saturated heterocycles. The summed E-state index contributed by atoms with van der Waals surface area (Å²) in [6, 6.07) is 16.9. The average Bonchev–Trinajstić information content (AvgIpc) is 2.92. The zero-order valence-corrected chi connectivity index (χ0v) is 16.6. The SMILES string of the molecule is CCc1ccccc1O[C@@H](C)C(=O)Nc1c(C)n(C)n(-c2ccccc2)c1=O. The minimum Gasteiger partial charge on any atom is -0.481 e. The number of aryl methyl sites for hydroxylation is 1. The molecule has 1 heterocycles. The molecule has 146 valence electrons. The zero-order chi connectivity index (χ0) is 20.3. The van der Waals surface area contributed by atoms with Crippen LogP contribution < -0.4 is 15.6 Å². The van der Waals surface area contributed by atoms with Crippen molar-refractivity contribution in [3.05, 3.63) is 76.2 Å². The van der Waals surface area contributed by atoms with Crippen LogP contribution in [0.1, 0.15) is 25.1 Å². The van der Waals surface area contributed by atoms with Crippen LogP contribution in [0.4, 0.5) is 5.69 Å². The lowest BCUT2D eigenvalue weighted by Gasteiger charge is -2.16. The van der Waals surface area contributed by atoms with Gasteiger partial charge in [-0.3, -0.25) is 14.3 Å². The van der Waals surface area contributed by atoms with Crippen LogP contribution in [0, 0.1) is 6.92 Å². The predicted octanol–water partition coefficient (Wildman–Crippen LogP) is 3.45. The second kappa shape index (κ2) is 8.17. The third-order valence-corrected chi connectivity index (χ3v) is 4.83. The summed E-state index contributed by atoms with van der Waals surface area (Å²) in [5.41, 5.74) is 2.42. The molecule has 0 aliphatic carbocycles. The first kappa shape index (κ1) is 19.5. The van der Waals surface area contributed by atoms with E-state index in [1.165, 1.54) is 4.68 Å². The molecular weight excluding hydrogens is 354 g/mol. The number of carbonyl (C=O) groups is 1. The Kier molecular flexibility index (Phi) is 5.68. The topological polar surface area (TPSA) is 65.3 Å². The van der Waals surface area contributed by atoms with Gasteiger partial charge in [-0.1, -0.05) is 43.3 Å². The van der Waals surface area contributed by atoms with Gasteiger partial charge in [0.2, 0.25) is 0 Å². The van der Waals surface area contributed by atoms with Crippen molar-refractivity contribution < 1.29 is 9.53 Å². The van der Waals surface area contributed by atoms with Gasteiger partial charge in [0, 0.05) is 7.05 Å². The molecule has 0 spiro atoms. The lowest BCUT2D eigenvalue weighted by atomic mass is 10.1. The van der Waals surface area contributed by atoms with Crippen molar-refractivity contribution in [2.24, 2.45) is 7.05 Å². The molecule has 0 unspecified atom stereocenters. The summed E-state index contributed by atoms with van der Waals surface area (Å²) in [7, 11) is 1.79. The highest BCUT2D eigenvalue weighted by molar-refractivity contribution is 5.94. The summed E-state index contributed by atoms with van der Waals surface area (Å²) in [5.74, 6) is 0.316. The Bertz CT molecular complexity index is 1030. The fourth-order valence-electron chi connectivity index (χ4n) is 3.09. The van der Waals surface area contributed by atoms with Crippen LogP contribution in [-0.4, -0.2) is 21.4 Å². The Morgan fingerprint density at radius 3 is 2.43 bits per heavy atom. The van der Waals surface area contributed by atoms with E-state index in [0.29, 0.717) is 11.4 Å². The molecule has 6 nitrogen and oxygen atoms in total. The van der Waals surface area contributed by atoms with Gasteiger partial charge in [0.1, 0.15) is 11.4 Å². The highest BCUT2D eigenvalue weighted by Crippen LogP contribution is 2.20. The van der Waals surface area contributed by atoms with Crippen LogP contribution in [0.25, 0.3) is 5.69 Å². The third kappa shape index (κ3) is 3.71. The molecule has 0 aliphatic rings. The number of hydrogen-bond acceptors (Lipinski definition) is 3. The van der Waals surface area contributed by atoms with Gasteiger partial charge in [-0.05, 0) is 44.0 Å². The minimum atomic E-state index is -0.739. The maximum Gasteiger partial charge on any atom is 0.295 e. The predicted molar refractivity (Wildman–Crippen MR) is 110 cm³/mol. The monoisotopic (exact) mass is 379 g/mol. The molecule has 0 fully saturated rings. The molecule has 28 heavy (non-hydrogen) atoms. The van der Waals surface area contributed by atoms with Crippen LogP contribution in [0.3, 0.4) is 0 Å². The summed E-state index contributed by atoms with van der Waals surface area (Å²) < 4.78 is 9.10. The van der Waals surface area contributed by atoms with Crippen molar-refractivity contribution in [2.75, 3.05) is 5.32 Å². The standard InChI is InChI=1S/C22H25N3O3/c1-5-17-11-9-10-14-19(17)28-16(3)21(26)23-20-15(2)24(4)25(22(20)27)18-12-7-6-8-13-18/h6-14,16H,5H2,1-4H3,(H,23,26)/t16-/m0/s1. The Labute approximate surface area is 164 Å². The van der Waals surface area contributed by atoms with Gasteiger partial charge in [0.05, 0.1) is 11.4 Å². The Morgan fingerprint density at radius 2 is 1.75 bits per heavy atom. The van der Waals surface area contributed by atoms with Gasteiger partial charge >= 0.3 is 0 Å². The molecule has 1 aromatic heterocycles. The quantitative estimate of drug-likeness (QED) is 0.713. The normalized spacial score (nSPS) is 11.9. The molecule has 3 rings (SSSR count). The van der Waals surface area contributed by atoms with E-state index in [9.17, 15) is 9.59 Å². The number of hydrogen-bond donors (Lipinski definition) is 1. The molecule has 0 saturated carbocycles. The number of carbonyl (C=O) groups excluding carboxylic acids is 1. The molecular formula is C22H25N3O3. The number of aromatic nitrogens is 2. The number of ether oxygens (including phenoxy) is 1. The third-order valence-electron chi connectivity index (χ3n) is 4.83. The number of nitrogens with one attached hydrogen (secondary N) is 1. The van der Waals surface area contributed by atoms with E-state index in [0.717, 1.165) is 17.7 Å². The van der Waals surface area contributed by atoms with Crippen molar-refractivity contribution in [3.63, 3.8) is 0 Å². The fraction of sp³-hybridized carbons (Fsp3) is 0.273. The van der Waals surface area contributed by atoms with Crippen molar-refractivity contribution in [3.8, 4) is 11.4 Å². The van der Waals surface area contributed by atoms with Crippen molar-refractivity contribution in [2.45, 2.75) is 33.3 Å². The first-order valence-electron chi connectivity index (χ1n) is 9.33. The van der Waals surface area contributed by atoms with Crippen molar-refractivity contribution in [1.82, 2.24) is 9.36 Å². The largest absolute Gasteiger partial charge is 0.481 e. The molecule has 0 bridgehead atoms. The first-order valence-corrected chi connectivity index (χ1v) is 9.33. The molecule has 2 aromatic carbocycles. The molecule has 3 aromatic rings. The number of amides is 1. The number of rotatable bonds is 6. The lowest BCUT2D eigenvalue weighted by Crippen LogP contribution is -2.32. The average molecular weight is 379 g/mol. The van der Waals surface area contributed by atoms with Crippen LogP contribution in [0.5, 0.6) is 5.75 Å². The fourth-order valence-corrected chi connectivity index (χ4v) is 3.09. The number of nitrogens with zero attached hydrogens (tertiary/aromatic N) is 2. The van der Waals surface area contributed by atoms with Gasteiger partial charge in [-0.25, -0.2) is 4.68 Å². The molecule has 1 amide bonds. The van der Waals surface area contributed by atoms with E-state index in [1.807, 2.05) is 61.5 Å². The Hall–Kier alpha value is -3.28. The molecule has 0 radical (unpaired) electrons. The van der Waals surface area contributed by atoms with Crippen molar-refractivity contribution in [1.29, 1.82) is 0 Å². The molecule has 1 atom stereocenters. The number of anilines is 1. The minimum absolute atomic E-state index is 0.260. The maximum absolute atomic E-state index is 12.9. The van der Waals surface area contributed by atoms with E-state index < -0.39 is 6.10 Å². The van der Waals surface area contributed by atoms with Gasteiger partial charge in [-0.15, -0.1) is 0 Å². The summed E-state index contributed by atoms with van der Waals surface area (Å²) >= 11 is 0. The lowest BCUT2D eigenvalue weighted by molar-refractivity contribution is -0.122. The summed E-state index contributed by atoms with van der Waals surface area (Å²) in [6.45, 7) is 5.51. The highest BCUT2D eigenvalue weighted by Gasteiger charge is 2.22. The van der Waals surface area contributed by atoms with E-state index >= 15 is 0 Å². The Balaban J connectivity index is 1.84. The zero-order valence-electron chi connectivity index (χ0n) is 16.6. The van der Waals surface area contributed by atoms with Gasteiger partial charge in [0.15, 0.2) is 6.10 Å². The van der Waals surface area contributed by atoms with Gasteiger partial charge < -0.3 is 10.1 Å². The molecule has 1 N–H and O–H groups in total. The van der Waals surface area contributed by atoms with Crippen LogP contribution >= 0.6 is 0 Å². The summed E-state index contributed by atoms with van der Waals surface area (Å²) in [6.07, 6.45) is 0.0706. The van der Waals surface area contributed by atoms with Gasteiger partial charge in [0.25, 0.3) is 11.5 Å². The second-order valence-corrected chi connectivity index (χ2v) is 6.65. The van der Waals surface area contributed by atoms with Crippen molar-refractivity contribution >= 4 is 11.6 Å². The Morgan fingerprint density at radius 1 is 1.11 bits per heavy atom. The highest BCUT2D eigenvalue weighted by atomic mass is 16.5. The summed E-state index contributed by atoms with van der Waals surface area (Å²) in [5, 5.41) is 2.75. The van der Waals surface area contributed by atoms with Crippen LogP contribution in [-0.2, 0) is 18.3 Å². The second-order valence-electron chi connectivity index (χ2n) is 6.65. The summed E-state index contributed by atoms with van der Waals surface area (Å²) in [4.78, 5) is 25.6. The first-order chi connectivity index (χ1) is 13.4. The van der Waals surface area contributed by atoms with E-state index in [-0.39, 0.29) is 17.2 Å². The van der Waals surface area contributed by atoms with Gasteiger partial charge in [-0.2, -0.15) is 0 Å². The molecule has 0 aliphatic heterocycles. The van der Waals surface area contributed by atoms with Crippen LogP contribution in [0.2, 0.25) is 0 Å².